The quantitative estimate of drug-likeness (QED) is 0.268. The average Bonchev–Trinajstić information content (AvgIpc) is 2.56. The lowest BCUT2D eigenvalue weighted by Crippen LogP contribution is -2.80. The minimum absolute atomic E-state index is 3.36. The molecule has 0 heterocycles. The molecule has 2 N–H and O–H groups in total. The van der Waals surface area contributed by atoms with Gasteiger partial charge in [0.15, 0.2) is 0 Å². The van der Waals surface area contributed by atoms with Gasteiger partial charge in [0.05, 0.1) is 0 Å². The van der Waals surface area contributed by atoms with E-state index in [2.05, 4.69) is 0 Å². The minimum atomic E-state index is -8.82. The Labute approximate surface area is 174 Å². The summed E-state index contributed by atoms with van der Waals surface area (Å²) < 4.78 is 256. The molecule has 0 aromatic heterocycles. The SMILES string of the molecule is O=S([O-])F.OC(F)(C(F)=C(F)F)C(F)(F)C(F)(C(F)(F)F)C(O)(F)C(F)(F)C(F)(F)C(F)(F)F. The molecule has 0 spiro atoms. The van der Waals surface area contributed by atoms with E-state index in [1.165, 1.54) is 0 Å². The molecule has 0 aliphatic heterocycles. The summed E-state index contributed by atoms with van der Waals surface area (Å²) in [7, 11) is 0. The van der Waals surface area contributed by atoms with Crippen LogP contribution in [0, 0.1) is 0 Å². The van der Waals surface area contributed by atoms with E-state index in [1.54, 1.807) is 0 Å². The molecule has 206 valence electrons. The Bertz CT molecular complexity index is 775. The van der Waals surface area contributed by atoms with E-state index < -0.39 is 70.9 Å². The Kier molecular flexibility index (Phi) is 9.65. The van der Waals surface area contributed by atoms with Crippen molar-refractivity contribution in [3.8, 4) is 0 Å². The number of alkyl halides is 15. The first kappa shape index (κ1) is 34.6. The molecule has 4 unspecified atom stereocenters. The van der Waals surface area contributed by atoms with Gasteiger partial charge < -0.3 is 14.8 Å². The van der Waals surface area contributed by atoms with Crippen LogP contribution in [0.5, 0.6) is 0 Å². The fraction of sp³-hybridized carbons (Fsp3) is 0.800. The largest absolute Gasteiger partial charge is 0.746 e. The van der Waals surface area contributed by atoms with Crippen LogP contribution in [-0.2, 0) is 11.5 Å². The van der Waals surface area contributed by atoms with E-state index in [0.717, 1.165) is 0 Å². The van der Waals surface area contributed by atoms with Gasteiger partial charge in [-0.15, -0.1) is 3.89 Å². The summed E-state index contributed by atoms with van der Waals surface area (Å²) in [5.74, 6) is -46.4. The fourth-order valence-corrected chi connectivity index (χ4v) is 1.67. The van der Waals surface area contributed by atoms with Gasteiger partial charge in [-0.25, -0.2) is 13.0 Å². The predicted octanol–water partition coefficient (Wildman–Crippen LogP) is 4.87. The monoisotopic (exact) mass is 579 g/mol. The van der Waals surface area contributed by atoms with Crippen molar-refractivity contribution in [2.24, 2.45) is 0 Å². The second-order valence-corrected chi connectivity index (χ2v) is 5.78. The van der Waals surface area contributed by atoms with E-state index in [4.69, 9.17) is 19.0 Å². The van der Waals surface area contributed by atoms with Crippen LogP contribution < -0.4 is 0 Å². The predicted molar refractivity (Wildman–Crippen MR) is 63.3 cm³/mol. The molecule has 0 rings (SSSR count). The number of aliphatic hydroxyl groups is 2. The second-order valence-electron chi connectivity index (χ2n) is 5.39. The van der Waals surface area contributed by atoms with Gasteiger partial charge in [0.1, 0.15) is 11.5 Å². The van der Waals surface area contributed by atoms with Crippen LogP contribution in [0.25, 0.3) is 0 Å². The number of halogens is 19. The summed E-state index contributed by atoms with van der Waals surface area (Å²) in [6.07, 6.45) is -20.9. The van der Waals surface area contributed by atoms with Gasteiger partial charge in [0.25, 0.3) is 0 Å². The molecule has 0 aromatic carbocycles. The first-order chi connectivity index (χ1) is 14.3. The summed E-state index contributed by atoms with van der Waals surface area (Å²) in [6, 6.07) is 0. The Morgan fingerprint density at radius 1 is 0.618 bits per heavy atom. The summed E-state index contributed by atoms with van der Waals surface area (Å²) in [5, 5.41) is 16.4. The molecule has 34 heavy (non-hydrogen) atoms. The lowest BCUT2D eigenvalue weighted by molar-refractivity contribution is -0.483. The molecule has 0 amide bonds. The van der Waals surface area contributed by atoms with Crippen molar-refractivity contribution in [2.75, 3.05) is 0 Å². The van der Waals surface area contributed by atoms with Crippen LogP contribution in [0.1, 0.15) is 0 Å². The highest BCUT2D eigenvalue weighted by Gasteiger charge is 2.97. The van der Waals surface area contributed by atoms with Crippen molar-refractivity contribution >= 4 is 11.5 Å². The highest BCUT2D eigenvalue weighted by molar-refractivity contribution is 7.73. The molecule has 0 aliphatic rings. The number of rotatable bonds is 6. The average molecular weight is 579 g/mol. The molecule has 0 saturated heterocycles. The minimum Gasteiger partial charge on any atom is -0.746 e. The topological polar surface area (TPSA) is 80.6 Å². The molecule has 0 fully saturated rings. The van der Waals surface area contributed by atoms with Crippen LogP contribution in [0.3, 0.4) is 0 Å². The summed E-state index contributed by atoms with van der Waals surface area (Å²) in [4.78, 5) is 0. The zero-order valence-electron chi connectivity index (χ0n) is 14.3. The molecular formula is C10H2F19O4S-. The van der Waals surface area contributed by atoms with Crippen molar-refractivity contribution in [1.82, 2.24) is 0 Å². The van der Waals surface area contributed by atoms with E-state index in [1.807, 2.05) is 0 Å². The third-order valence-corrected chi connectivity index (χ3v) is 3.32. The zero-order chi connectivity index (χ0) is 28.7. The summed E-state index contributed by atoms with van der Waals surface area (Å²) in [5.41, 5.74) is -8.82. The Balaban J connectivity index is 0. The molecule has 0 radical (unpaired) electrons. The fourth-order valence-electron chi connectivity index (χ4n) is 1.67. The van der Waals surface area contributed by atoms with E-state index >= 15 is 0 Å². The number of hydrogen-bond donors (Lipinski definition) is 2. The second kappa shape index (κ2) is 9.48. The molecular weight excluding hydrogens is 577 g/mol. The number of hydrogen-bond acceptors (Lipinski definition) is 4. The Hall–Kier alpha value is -1.56. The third kappa shape index (κ3) is 5.17. The van der Waals surface area contributed by atoms with Crippen LogP contribution in [-0.4, -0.2) is 66.5 Å². The van der Waals surface area contributed by atoms with Crippen LogP contribution in [0.15, 0.2) is 11.9 Å². The van der Waals surface area contributed by atoms with Crippen LogP contribution >= 0.6 is 0 Å². The summed E-state index contributed by atoms with van der Waals surface area (Å²) >= 11 is -3.36. The van der Waals surface area contributed by atoms with Gasteiger partial charge in [-0.1, -0.05) is 0 Å². The highest BCUT2D eigenvalue weighted by Crippen LogP contribution is 2.64. The highest BCUT2D eigenvalue weighted by atomic mass is 32.2. The molecule has 0 saturated carbocycles. The van der Waals surface area contributed by atoms with Gasteiger partial charge in [0, 0.05) is 0 Å². The van der Waals surface area contributed by atoms with Gasteiger partial charge in [-0.3, -0.25) is 0 Å². The first-order valence-corrected chi connectivity index (χ1v) is 7.56. The van der Waals surface area contributed by atoms with Gasteiger partial charge in [-0.2, -0.15) is 70.2 Å². The molecule has 4 nitrogen and oxygen atoms in total. The van der Waals surface area contributed by atoms with E-state index in [0.29, 0.717) is 0 Å². The molecule has 24 heteroatoms. The third-order valence-electron chi connectivity index (χ3n) is 3.32. The smallest absolute Gasteiger partial charge is 0.460 e. The van der Waals surface area contributed by atoms with Crippen molar-refractivity contribution in [3.05, 3.63) is 11.9 Å². The standard InChI is InChI=1S/C10H2F18O2.FHO2S/c11-1(2(12)13)3(14,29)5(16,17)4(15,9(23,24)25)8(22,30)6(18,19)7(20,21)10(26,27)28;1-4(2)3/h29-30H;(H,2,3)/p-1. The van der Waals surface area contributed by atoms with Crippen molar-refractivity contribution in [3.63, 3.8) is 0 Å². The maximum Gasteiger partial charge on any atom is 0.460 e. The van der Waals surface area contributed by atoms with Crippen molar-refractivity contribution < 1.29 is 102 Å². The lowest BCUT2D eigenvalue weighted by atomic mass is 9.79. The lowest BCUT2D eigenvalue weighted by Gasteiger charge is -2.47. The van der Waals surface area contributed by atoms with Gasteiger partial charge in [0.2, 0.25) is 5.83 Å². The summed E-state index contributed by atoms with van der Waals surface area (Å²) in [6.45, 7) is 0. The van der Waals surface area contributed by atoms with Gasteiger partial charge in [-0.05, 0) is 0 Å². The van der Waals surface area contributed by atoms with Crippen LogP contribution in [0.2, 0.25) is 0 Å². The first-order valence-electron chi connectivity index (χ1n) is 6.59. The molecule has 0 aliphatic carbocycles. The van der Waals surface area contributed by atoms with Crippen molar-refractivity contribution in [1.29, 1.82) is 0 Å². The maximum atomic E-state index is 13.9. The Morgan fingerprint density at radius 2 is 0.912 bits per heavy atom. The maximum absolute atomic E-state index is 13.9. The zero-order valence-corrected chi connectivity index (χ0v) is 15.1. The molecule has 0 aromatic rings. The van der Waals surface area contributed by atoms with E-state index in [9.17, 15) is 82.9 Å². The molecule has 4 atom stereocenters. The molecule has 0 bridgehead atoms. The van der Waals surface area contributed by atoms with Gasteiger partial charge >= 0.3 is 53.6 Å². The normalized spacial score (nSPS) is 20.2. The Morgan fingerprint density at radius 3 is 1.12 bits per heavy atom. The van der Waals surface area contributed by atoms with Crippen molar-refractivity contribution in [2.45, 2.75) is 47.5 Å². The van der Waals surface area contributed by atoms with E-state index in [-0.39, 0.29) is 0 Å². The van der Waals surface area contributed by atoms with Crippen LogP contribution in [0.4, 0.5) is 82.9 Å².